The minimum absolute atomic E-state index is 0.295. The predicted molar refractivity (Wildman–Crippen MR) is 124 cm³/mol. The Morgan fingerprint density at radius 2 is 1.22 bits per heavy atom. The summed E-state index contributed by atoms with van der Waals surface area (Å²) < 4.78 is 47.3. The highest BCUT2D eigenvalue weighted by atomic mass is 79.9. The van der Waals surface area contributed by atoms with E-state index < -0.39 is 5.82 Å². The van der Waals surface area contributed by atoms with Crippen LogP contribution in [-0.4, -0.2) is 28.4 Å². The van der Waals surface area contributed by atoms with Crippen molar-refractivity contribution < 1.29 is 27.7 Å². The van der Waals surface area contributed by atoms with Crippen molar-refractivity contribution in [2.45, 2.75) is 6.92 Å². The zero-order chi connectivity index (χ0) is 23.7. The van der Waals surface area contributed by atoms with Crippen LogP contribution in [0, 0.1) is 30.4 Å². The van der Waals surface area contributed by atoms with Gasteiger partial charge in [0.05, 0.1) is 44.0 Å². The van der Waals surface area contributed by atoms with Crippen molar-refractivity contribution in [3.63, 3.8) is 0 Å². The second-order valence-electron chi connectivity index (χ2n) is 6.40. The summed E-state index contributed by atoms with van der Waals surface area (Å²) in [5.41, 5.74) is 1.85. The molecule has 32 heavy (non-hydrogen) atoms. The van der Waals surface area contributed by atoms with E-state index in [1.54, 1.807) is 44.6 Å². The van der Waals surface area contributed by atoms with Crippen LogP contribution in [0.15, 0.2) is 53.0 Å². The molecule has 0 amide bonds. The minimum atomic E-state index is -0.426. The highest BCUT2D eigenvalue weighted by Gasteiger charge is 2.08. The second-order valence-corrected chi connectivity index (χ2v) is 7.26. The number of halogens is 3. The van der Waals surface area contributed by atoms with Gasteiger partial charge in [-0.2, -0.15) is 0 Å². The Hall–Kier alpha value is -3.24. The average molecular weight is 505 g/mol. The van der Waals surface area contributed by atoms with E-state index in [0.29, 0.717) is 38.6 Å². The van der Waals surface area contributed by atoms with E-state index in [1.807, 2.05) is 13.0 Å². The van der Waals surface area contributed by atoms with Gasteiger partial charge >= 0.3 is 0 Å². The highest BCUT2D eigenvalue weighted by Crippen LogP contribution is 2.28. The summed E-state index contributed by atoms with van der Waals surface area (Å²) >= 11 is 3.03. The van der Waals surface area contributed by atoms with Crippen LogP contribution in [0.2, 0.25) is 0 Å². The second kappa shape index (κ2) is 12.0. The van der Waals surface area contributed by atoms with Crippen LogP contribution in [0.1, 0.15) is 16.7 Å². The van der Waals surface area contributed by atoms with Gasteiger partial charge in [-0.3, -0.25) is 0 Å². The van der Waals surface area contributed by atoms with Gasteiger partial charge in [-0.25, -0.2) is 8.78 Å². The van der Waals surface area contributed by atoms with Gasteiger partial charge in [0.25, 0.3) is 0 Å². The molecule has 0 saturated carbocycles. The Labute approximate surface area is 195 Å². The van der Waals surface area contributed by atoms with Crippen molar-refractivity contribution in [3.05, 3.63) is 81.3 Å². The maximum atomic E-state index is 13.9. The van der Waals surface area contributed by atoms with Crippen LogP contribution in [-0.2, 0) is 0 Å². The monoisotopic (exact) mass is 504 g/mol. The molecule has 0 aliphatic heterocycles. The normalized spacial score (nSPS) is 9.62. The van der Waals surface area contributed by atoms with Crippen LogP contribution in [0.5, 0.6) is 23.0 Å². The van der Waals surface area contributed by atoms with Crippen LogP contribution < -0.4 is 18.9 Å². The zero-order valence-corrected chi connectivity index (χ0v) is 20.0. The Morgan fingerprint density at radius 3 is 1.75 bits per heavy atom. The van der Waals surface area contributed by atoms with E-state index in [4.69, 9.17) is 18.9 Å². The lowest BCUT2D eigenvalue weighted by molar-refractivity contribution is 0.399. The SMILES string of the molecule is COc1ccc(Br)c(F)c1.COc1ccc(C#Cc2cc(OC)cc(C)c2OC)c(F)c1. The standard InChI is InChI=1S/C18H17FO3.C7H6BrFO/c1-12-9-16(21-3)10-14(18(12)22-4)6-5-13-7-8-15(20-2)11-17(13)19;1-10-5-2-3-6(8)7(9)4-5/h7-11H,1-4H3;2-4H,1H3. The number of hydrogen-bond acceptors (Lipinski definition) is 4. The summed E-state index contributed by atoms with van der Waals surface area (Å²) in [5, 5.41) is 0. The lowest BCUT2D eigenvalue weighted by Crippen LogP contribution is -1.94. The first kappa shape index (κ1) is 25.0. The first-order valence-corrected chi connectivity index (χ1v) is 10.2. The van der Waals surface area contributed by atoms with Crippen molar-refractivity contribution in [1.29, 1.82) is 0 Å². The molecule has 0 spiro atoms. The predicted octanol–water partition coefficient (Wildman–Crippen LogP) is 6.16. The molecule has 4 nitrogen and oxygen atoms in total. The Balaban J connectivity index is 0.000000303. The van der Waals surface area contributed by atoms with Crippen LogP contribution >= 0.6 is 15.9 Å². The molecule has 168 valence electrons. The third kappa shape index (κ3) is 6.63. The van der Waals surface area contributed by atoms with E-state index in [2.05, 4.69) is 27.8 Å². The van der Waals surface area contributed by atoms with Crippen molar-refractivity contribution in [1.82, 2.24) is 0 Å². The summed E-state index contributed by atoms with van der Waals surface area (Å²) in [5.74, 6) is 7.34. The topological polar surface area (TPSA) is 36.9 Å². The van der Waals surface area contributed by atoms with Crippen LogP contribution in [0.25, 0.3) is 0 Å². The molecule has 0 saturated heterocycles. The molecule has 0 radical (unpaired) electrons. The molecule has 0 unspecified atom stereocenters. The molecular formula is C25H23BrF2O4. The molecule has 0 fully saturated rings. The zero-order valence-electron chi connectivity index (χ0n) is 18.4. The van der Waals surface area contributed by atoms with E-state index in [-0.39, 0.29) is 5.82 Å². The summed E-state index contributed by atoms with van der Waals surface area (Å²) in [6, 6.07) is 12.8. The molecule has 3 aromatic rings. The fourth-order valence-electron chi connectivity index (χ4n) is 2.69. The number of methoxy groups -OCH3 is 4. The van der Waals surface area contributed by atoms with E-state index >= 15 is 0 Å². The summed E-state index contributed by atoms with van der Waals surface area (Å²) in [7, 11) is 6.16. The van der Waals surface area contributed by atoms with Gasteiger partial charge in [0.1, 0.15) is 34.6 Å². The fraction of sp³-hybridized carbons (Fsp3) is 0.200. The fourth-order valence-corrected chi connectivity index (χ4v) is 2.93. The third-order valence-corrected chi connectivity index (χ3v) is 4.97. The largest absolute Gasteiger partial charge is 0.497 e. The summed E-state index contributed by atoms with van der Waals surface area (Å²) in [6.07, 6.45) is 0. The van der Waals surface area contributed by atoms with Gasteiger partial charge in [0.2, 0.25) is 0 Å². The Bertz CT molecular complexity index is 1140. The quantitative estimate of drug-likeness (QED) is 0.399. The molecule has 3 aromatic carbocycles. The van der Waals surface area contributed by atoms with Crippen molar-refractivity contribution in [2.75, 3.05) is 28.4 Å². The molecule has 0 atom stereocenters. The number of rotatable bonds is 4. The van der Waals surface area contributed by atoms with Crippen LogP contribution in [0.3, 0.4) is 0 Å². The van der Waals surface area contributed by atoms with Gasteiger partial charge < -0.3 is 18.9 Å². The third-order valence-electron chi connectivity index (χ3n) is 4.32. The lowest BCUT2D eigenvalue weighted by Gasteiger charge is -2.09. The maximum absolute atomic E-state index is 13.9. The van der Waals surface area contributed by atoms with Gasteiger partial charge in [-0.05, 0) is 64.8 Å². The Morgan fingerprint density at radius 1 is 0.656 bits per heavy atom. The van der Waals surface area contributed by atoms with E-state index in [0.717, 1.165) is 5.56 Å². The molecule has 3 rings (SSSR count). The summed E-state index contributed by atoms with van der Waals surface area (Å²) in [6.45, 7) is 1.90. The van der Waals surface area contributed by atoms with Crippen LogP contribution in [0.4, 0.5) is 8.78 Å². The molecule has 0 aliphatic rings. The van der Waals surface area contributed by atoms with Crippen molar-refractivity contribution in [3.8, 4) is 34.8 Å². The lowest BCUT2D eigenvalue weighted by atomic mass is 10.1. The minimum Gasteiger partial charge on any atom is -0.497 e. The Kier molecular flexibility index (Phi) is 9.36. The van der Waals surface area contributed by atoms with Crippen molar-refractivity contribution >= 4 is 15.9 Å². The number of aryl methyl sites for hydroxylation is 1. The number of ether oxygens (including phenoxy) is 4. The van der Waals surface area contributed by atoms with Gasteiger partial charge in [-0.1, -0.05) is 11.8 Å². The number of hydrogen-bond donors (Lipinski definition) is 0. The van der Waals surface area contributed by atoms with Crippen molar-refractivity contribution in [2.24, 2.45) is 0 Å². The van der Waals surface area contributed by atoms with E-state index in [9.17, 15) is 8.78 Å². The van der Waals surface area contributed by atoms with E-state index in [1.165, 1.54) is 26.4 Å². The molecule has 0 heterocycles. The molecular weight excluding hydrogens is 482 g/mol. The molecule has 0 aromatic heterocycles. The molecule has 0 aliphatic carbocycles. The highest BCUT2D eigenvalue weighted by molar-refractivity contribution is 9.10. The first-order chi connectivity index (χ1) is 15.3. The molecule has 0 bridgehead atoms. The molecule has 0 N–H and O–H groups in total. The van der Waals surface area contributed by atoms with Gasteiger partial charge in [0.15, 0.2) is 0 Å². The average Bonchev–Trinajstić information content (AvgIpc) is 2.80. The van der Waals surface area contributed by atoms with Gasteiger partial charge in [0, 0.05) is 12.1 Å². The smallest absolute Gasteiger partial charge is 0.142 e. The van der Waals surface area contributed by atoms with Gasteiger partial charge in [-0.15, -0.1) is 0 Å². The molecule has 7 heteroatoms. The maximum Gasteiger partial charge on any atom is 0.142 e. The first-order valence-electron chi connectivity index (χ1n) is 9.40. The number of benzene rings is 3. The summed E-state index contributed by atoms with van der Waals surface area (Å²) in [4.78, 5) is 0.